The van der Waals surface area contributed by atoms with Crippen LogP contribution < -0.4 is 55.3 Å². The summed E-state index contributed by atoms with van der Waals surface area (Å²) >= 11 is 20.6. The van der Waals surface area contributed by atoms with E-state index in [1.54, 1.807) is 97.9 Å². The smallest absolute Gasteiger partial charge is 0.244 e. The number of anilines is 4. The van der Waals surface area contributed by atoms with Gasteiger partial charge in [-0.1, -0.05) is 46.4 Å². The van der Waals surface area contributed by atoms with E-state index >= 15 is 0 Å². The average Bonchev–Trinajstić information content (AvgIpc) is 1.54. The summed E-state index contributed by atoms with van der Waals surface area (Å²) in [5.74, 6) is 0.419. The van der Waals surface area contributed by atoms with Gasteiger partial charge >= 0.3 is 128 Å². The maximum Gasteiger partial charge on any atom is 0.244 e. The SMILES string of the molecule is CC(=O)OI1(OC(C)=O)(OC(C)=O)OC(=O)c2ccccc21.CO.COc1cc(N2CCN(C(=O)Cn3nc(-c4ncc[nH]4)c4cccnc43)CC2)ccc1Cl.COc1cc(N2CCN(C(=O)Cn3nc(C#N)c4cccnc43)CC2)ccc1Cl.COc1cc(N2CCN(C(=O)Cn3nc(C4=NCCN4)c4cccnc43)CC2)ccc1Cl.COc1cc(N2CCN(C(=O)Cn3nc(I)c4cccnc43)CC2)ccc1Cl.NCCN. The average molecular weight is 2340 g/mol. The molecule has 44 nitrogen and oxygen atoms in total. The summed E-state index contributed by atoms with van der Waals surface area (Å²) in [5, 5.41) is 43.2. The fraction of sp³-hybridized carbons (Fsp3) is 0.323. The Bertz CT molecular complexity index is 7190. The van der Waals surface area contributed by atoms with Gasteiger partial charge in [-0.15, -0.1) is 0 Å². The van der Waals surface area contributed by atoms with Gasteiger partial charge in [-0.25, -0.2) is 43.6 Å². The number of amides is 4. The summed E-state index contributed by atoms with van der Waals surface area (Å²) in [7, 11) is 7.41. The Labute approximate surface area is 892 Å². The molecule has 0 unspecified atom stereocenters. The predicted octanol–water partition coefficient (Wildman–Crippen LogP) is 10.5. The van der Waals surface area contributed by atoms with Crippen LogP contribution in [0, 0.1) is 18.6 Å². The third kappa shape index (κ3) is 26.0. The van der Waals surface area contributed by atoms with Crippen LogP contribution in [0.1, 0.15) is 42.5 Å². The molecule has 0 bridgehead atoms. The fourth-order valence-corrected chi connectivity index (χ4v) is 26.1. The molecule has 6 aliphatic rings. The van der Waals surface area contributed by atoms with Gasteiger partial charge < -0.3 is 85.0 Å². The van der Waals surface area contributed by atoms with E-state index in [1.165, 1.54) is 22.9 Å². The van der Waals surface area contributed by atoms with Crippen molar-refractivity contribution in [1.29, 1.82) is 5.26 Å². The van der Waals surface area contributed by atoms with Gasteiger partial charge in [0, 0.05) is 216 Å². The normalized spacial score (nSPS) is 15.0. The number of nitrogens with one attached hydrogen (secondary N) is 2. The number of ether oxygens (including phenoxy) is 4. The molecular weight excluding hydrogens is 2230 g/mol. The Kier molecular flexibility index (Phi) is 37.6. The number of carbonyl (C=O) groups is 8. The molecule has 20 rings (SSSR count). The third-order valence-corrected chi connectivity index (χ3v) is 34.1. The predicted molar refractivity (Wildman–Crippen MR) is 578 cm³/mol. The zero-order valence-corrected chi connectivity index (χ0v) is 89.8. The molecule has 14 aromatic rings. The largest absolute Gasteiger partial charge is 0.495 e. The van der Waals surface area contributed by atoms with E-state index in [1.807, 2.05) is 129 Å². The molecule has 0 saturated carbocycles. The summed E-state index contributed by atoms with van der Waals surface area (Å²) in [5.41, 5.74) is 18.3. The minimum absolute atomic E-state index is 0.0133. The van der Waals surface area contributed by atoms with Crippen LogP contribution in [0.15, 0.2) is 188 Å². The molecule has 9 aromatic heterocycles. The second-order valence-corrected chi connectivity index (χ2v) is 42.7. The summed E-state index contributed by atoms with van der Waals surface area (Å²) in [6.45, 7) is 17.2. The molecule has 4 saturated heterocycles. The number of nitriles is 1. The first-order valence-electron chi connectivity index (χ1n) is 46.8. The number of benzene rings is 5. The first kappa shape index (κ1) is 110. The van der Waals surface area contributed by atoms with Crippen LogP contribution in [-0.4, -0.2) is 314 Å². The number of aliphatic hydroxyl groups excluding tert-OH is 1. The maximum absolute atomic E-state index is 13.1. The number of methoxy groups -OCH3 is 4. The number of aliphatic imine (C=N–C) groups is 1. The molecule has 0 spiro atoms. The van der Waals surface area contributed by atoms with Crippen molar-refractivity contribution >= 4 is 208 Å². The second-order valence-electron chi connectivity index (χ2n) is 33.2. The van der Waals surface area contributed by atoms with Gasteiger partial charge in [0.25, 0.3) is 0 Å². The molecule has 4 fully saturated rings. The van der Waals surface area contributed by atoms with E-state index < -0.39 is 42.6 Å². The number of nitrogens with two attached hydrogens (primary N) is 2. The number of piperazine rings is 4. The molecule has 0 atom stereocenters. The van der Waals surface area contributed by atoms with Gasteiger partial charge in [-0.3, -0.25) is 24.2 Å². The van der Waals surface area contributed by atoms with Gasteiger partial charge in [0.15, 0.2) is 34.1 Å². The molecule has 5 aromatic carbocycles. The number of amidine groups is 1. The van der Waals surface area contributed by atoms with Gasteiger partial charge in [0.1, 0.15) is 76.2 Å². The molecule has 0 aliphatic carbocycles. The zero-order valence-electron chi connectivity index (χ0n) is 82.5. The van der Waals surface area contributed by atoms with E-state index in [2.05, 4.69) is 109 Å². The van der Waals surface area contributed by atoms with Gasteiger partial charge in [0.2, 0.25) is 23.6 Å². The quantitative estimate of drug-likeness (QED) is 0.0394. The number of carbonyl (C=O) groups excluding carboxylic acids is 8. The number of hydrogen-bond donors (Lipinski definition) is 5. The molecule has 149 heavy (non-hydrogen) atoms. The van der Waals surface area contributed by atoms with Crippen LogP contribution in [-0.2, 0) is 72.0 Å². The van der Waals surface area contributed by atoms with Crippen molar-refractivity contribution in [2.24, 2.45) is 16.5 Å². The molecule has 50 heteroatoms. The molecule has 784 valence electrons. The number of aromatic nitrogens is 14. The Morgan fingerprint density at radius 3 is 1.13 bits per heavy atom. The van der Waals surface area contributed by atoms with Crippen LogP contribution in [0.5, 0.6) is 23.0 Å². The molecule has 0 radical (unpaired) electrons. The van der Waals surface area contributed by atoms with E-state index in [0.717, 1.165) is 140 Å². The first-order chi connectivity index (χ1) is 72.0. The van der Waals surface area contributed by atoms with Gasteiger partial charge in [-0.2, -0.15) is 25.7 Å². The Hall–Kier alpha value is -14.6. The van der Waals surface area contributed by atoms with Crippen molar-refractivity contribution in [3.05, 3.63) is 227 Å². The third-order valence-electron chi connectivity index (χ3n) is 23.9. The van der Waals surface area contributed by atoms with Gasteiger partial charge in [0.05, 0.1) is 76.6 Å². The Balaban J connectivity index is 0.000000145. The van der Waals surface area contributed by atoms with Crippen molar-refractivity contribution in [2.45, 2.75) is 47.0 Å². The molecule has 15 heterocycles. The number of fused-ring (bicyclic) bond motifs is 5. The fourth-order valence-electron chi connectivity index (χ4n) is 16.9. The van der Waals surface area contributed by atoms with Crippen LogP contribution in [0.25, 0.3) is 55.7 Å². The summed E-state index contributed by atoms with van der Waals surface area (Å²) in [6.07, 6.45) is 10.2. The Morgan fingerprint density at radius 2 is 0.785 bits per heavy atom. The molecule has 6 aliphatic heterocycles. The van der Waals surface area contributed by atoms with E-state index in [4.69, 9.17) is 94.2 Å². The topological polar surface area (TPSA) is 508 Å². The number of nitrogens with zero attached hydrogens (tertiary/aromatic N) is 23. The summed E-state index contributed by atoms with van der Waals surface area (Å²) < 4.78 is 49.1. The Morgan fingerprint density at radius 1 is 0.443 bits per heavy atom. The van der Waals surface area contributed by atoms with Crippen molar-refractivity contribution in [2.75, 3.05) is 186 Å². The standard InChI is InChI=1S/C22H24ClN7O2.C22H22ClN7O2.C20H19ClN6O2.C19H19ClIN5O2.C13H13IO8.C2H8N2.CH4O/c2*1-32-18-13-15(4-5-17(18)23)28-9-11-29(12-10-28)19(31)14-30-22-16(3-2-6-26-22)20(27-30)21-24-7-8-25-21;1-29-18-11-14(4-5-16(18)21)25-7-9-26(10-8-25)19(28)13-27-20-15(3-2-6-23-20)17(12-22)24-27;1-28-16-11-13(4-5-15(16)20)24-7-9-25(10-8-24)17(27)12-26-19-14(18(21)23-26)3-2-6-22-19;1-8(15)19-14(20-9(2)16,21-10(3)17)12-7-5-4-6-11(12)13(18)22-14;3-1-2-4;1-2/h2-6,13H,7-12,14H2,1H3,(H,24,25);2-8,13H,9-12,14H2,1H3,(H,24,25);2-6,11H,7-10,13H2,1H3;2-6,11H,7-10,12H2,1H3;4-7H,1-3H3;1-4H2;2H,1H3. The number of H-pyrrole nitrogens is 1. The number of rotatable bonds is 22. The maximum atomic E-state index is 13.1. The van der Waals surface area contributed by atoms with Crippen molar-refractivity contribution in [1.82, 2.24) is 93.9 Å². The van der Waals surface area contributed by atoms with Crippen molar-refractivity contribution in [3.63, 3.8) is 0 Å². The van der Waals surface area contributed by atoms with Gasteiger partial charge in [-0.05, 0) is 120 Å². The molecular formula is C99H109Cl4I2N27O17. The monoisotopic (exact) mass is 2340 g/mol. The number of imidazole rings is 1. The van der Waals surface area contributed by atoms with Crippen LogP contribution in [0.2, 0.25) is 20.1 Å². The number of aliphatic hydroxyl groups is 1. The minimum atomic E-state index is -6.03. The minimum Gasteiger partial charge on any atom is -0.495 e. The first-order valence-corrected chi connectivity index (χ1v) is 54.0. The summed E-state index contributed by atoms with van der Waals surface area (Å²) in [4.78, 5) is 144. The number of hydrogen-bond acceptors (Lipinski definition) is 35. The zero-order chi connectivity index (χ0) is 106. The molecule has 7 N–H and O–H groups in total. The van der Waals surface area contributed by atoms with Crippen molar-refractivity contribution < 1.29 is 74.7 Å². The number of aromatic amines is 1. The summed E-state index contributed by atoms with van der Waals surface area (Å²) in [6, 6.07) is 45.8. The molecule has 4 amide bonds. The second kappa shape index (κ2) is 50.9. The van der Waals surface area contributed by atoms with Crippen molar-refractivity contribution in [3.8, 4) is 40.6 Å². The van der Waals surface area contributed by atoms with E-state index in [-0.39, 0.29) is 64.6 Å². The van der Waals surface area contributed by atoms with Crippen LogP contribution >= 0.6 is 87.7 Å². The number of halogens is 6. The van der Waals surface area contributed by atoms with E-state index in [0.29, 0.717) is 155 Å². The van der Waals surface area contributed by atoms with Crippen LogP contribution in [0.4, 0.5) is 22.7 Å². The van der Waals surface area contributed by atoms with E-state index in [9.17, 15) is 43.6 Å². The number of pyridine rings is 4. The van der Waals surface area contributed by atoms with Crippen LogP contribution in [0.3, 0.4) is 0 Å².